The maximum absolute atomic E-state index is 12.0. The molecule has 0 aromatic carbocycles. The highest BCUT2D eigenvalue weighted by molar-refractivity contribution is 7.10. The summed E-state index contributed by atoms with van der Waals surface area (Å²) < 4.78 is 0. The lowest BCUT2D eigenvalue weighted by Crippen LogP contribution is -2.33. The molecule has 0 aliphatic rings. The van der Waals surface area contributed by atoms with Crippen molar-refractivity contribution in [1.29, 1.82) is 0 Å². The first-order valence-electron chi connectivity index (χ1n) is 6.68. The molecule has 2 N–H and O–H groups in total. The number of hydrogen-bond acceptors (Lipinski definition) is 3. The Labute approximate surface area is 113 Å². The van der Waals surface area contributed by atoms with Crippen LogP contribution in [0.4, 0.5) is 0 Å². The molecule has 0 saturated carbocycles. The smallest absolute Gasteiger partial charge is 0.223 e. The predicted octanol–water partition coefficient (Wildman–Crippen LogP) is 3.11. The molecule has 0 saturated heterocycles. The first-order chi connectivity index (χ1) is 8.69. The molecule has 1 heterocycles. The molecule has 0 radical (unpaired) electrons. The number of nitrogens with one attached hydrogen (secondary N) is 1. The highest BCUT2D eigenvalue weighted by atomic mass is 32.1. The third kappa shape index (κ3) is 4.78. The van der Waals surface area contributed by atoms with E-state index in [4.69, 9.17) is 0 Å². The molecule has 1 unspecified atom stereocenters. The van der Waals surface area contributed by atoms with Gasteiger partial charge in [-0.3, -0.25) is 4.79 Å². The van der Waals surface area contributed by atoms with Crippen molar-refractivity contribution >= 4 is 17.2 Å². The monoisotopic (exact) mass is 269 g/mol. The molecular formula is C14H23NO2S. The summed E-state index contributed by atoms with van der Waals surface area (Å²) >= 11 is 1.51. The molecule has 1 atom stereocenters. The van der Waals surface area contributed by atoms with Gasteiger partial charge in [-0.1, -0.05) is 32.8 Å². The highest BCUT2D eigenvalue weighted by Gasteiger charge is 2.17. The Morgan fingerprint density at radius 2 is 2.06 bits per heavy atom. The van der Waals surface area contributed by atoms with E-state index in [0.717, 1.165) is 30.6 Å². The Morgan fingerprint density at radius 1 is 1.39 bits per heavy atom. The lowest BCUT2D eigenvalue weighted by Gasteiger charge is -2.16. The van der Waals surface area contributed by atoms with Crippen LogP contribution in [0.1, 0.15) is 50.5 Å². The van der Waals surface area contributed by atoms with Gasteiger partial charge in [0.1, 0.15) is 6.10 Å². The van der Waals surface area contributed by atoms with Crippen molar-refractivity contribution in [2.24, 2.45) is 5.92 Å². The van der Waals surface area contributed by atoms with Crippen LogP contribution in [0.3, 0.4) is 0 Å². The second-order valence-corrected chi connectivity index (χ2v) is 5.53. The van der Waals surface area contributed by atoms with Gasteiger partial charge in [0.25, 0.3) is 0 Å². The number of amides is 1. The van der Waals surface area contributed by atoms with Crippen LogP contribution in [0.5, 0.6) is 0 Å². The normalized spacial score (nSPS) is 12.7. The molecule has 0 aliphatic heterocycles. The number of hydrogen-bond donors (Lipinski definition) is 2. The van der Waals surface area contributed by atoms with Gasteiger partial charge < -0.3 is 10.4 Å². The molecule has 4 heteroatoms. The fourth-order valence-electron chi connectivity index (χ4n) is 2.03. The maximum Gasteiger partial charge on any atom is 0.223 e. The van der Waals surface area contributed by atoms with Gasteiger partial charge in [0, 0.05) is 17.3 Å². The van der Waals surface area contributed by atoms with E-state index in [2.05, 4.69) is 19.2 Å². The minimum absolute atomic E-state index is 0.0781. The van der Waals surface area contributed by atoms with Gasteiger partial charge in [0.05, 0.1) is 0 Å². The maximum atomic E-state index is 12.0. The molecule has 1 rings (SSSR count). The Kier molecular flexibility index (Phi) is 6.98. The van der Waals surface area contributed by atoms with Crippen LogP contribution in [0.15, 0.2) is 17.5 Å². The minimum atomic E-state index is -0.585. The van der Waals surface area contributed by atoms with E-state index >= 15 is 0 Å². The molecule has 0 spiro atoms. The SMILES string of the molecule is CCCC(CCC)C(=O)NCC(O)c1cccs1. The second kappa shape index (κ2) is 8.27. The third-order valence-corrected chi connectivity index (χ3v) is 3.96. The molecule has 3 nitrogen and oxygen atoms in total. The summed E-state index contributed by atoms with van der Waals surface area (Å²) in [5, 5.41) is 14.7. The zero-order chi connectivity index (χ0) is 13.4. The van der Waals surface area contributed by atoms with Gasteiger partial charge >= 0.3 is 0 Å². The van der Waals surface area contributed by atoms with Crippen molar-refractivity contribution in [3.05, 3.63) is 22.4 Å². The molecule has 1 aromatic rings. The van der Waals surface area contributed by atoms with E-state index in [1.807, 2.05) is 17.5 Å². The Bertz CT molecular complexity index is 332. The summed E-state index contributed by atoms with van der Waals surface area (Å²) in [4.78, 5) is 12.9. The zero-order valence-electron chi connectivity index (χ0n) is 11.2. The van der Waals surface area contributed by atoms with Gasteiger partial charge in [0.15, 0.2) is 0 Å². The Balaban J connectivity index is 2.39. The first-order valence-corrected chi connectivity index (χ1v) is 7.56. The van der Waals surface area contributed by atoms with Crippen molar-refractivity contribution in [2.45, 2.75) is 45.6 Å². The molecule has 102 valence electrons. The first kappa shape index (κ1) is 15.2. The van der Waals surface area contributed by atoms with Crippen LogP contribution >= 0.6 is 11.3 Å². The van der Waals surface area contributed by atoms with Crippen LogP contribution in [0.25, 0.3) is 0 Å². The van der Waals surface area contributed by atoms with Crippen molar-refractivity contribution in [1.82, 2.24) is 5.32 Å². The number of carbonyl (C=O) groups is 1. The van der Waals surface area contributed by atoms with E-state index in [-0.39, 0.29) is 11.8 Å². The molecule has 0 bridgehead atoms. The van der Waals surface area contributed by atoms with Crippen LogP contribution in [-0.4, -0.2) is 17.6 Å². The molecular weight excluding hydrogens is 246 g/mol. The summed E-state index contributed by atoms with van der Waals surface area (Å²) in [6, 6.07) is 3.79. The summed E-state index contributed by atoms with van der Waals surface area (Å²) in [6.45, 7) is 4.50. The minimum Gasteiger partial charge on any atom is -0.386 e. The van der Waals surface area contributed by atoms with Crippen molar-refractivity contribution in [3.8, 4) is 0 Å². The van der Waals surface area contributed by atoms with Gasteiger partial charge in [-0.2, -0.15) is 0 Å². The molecule has 0 aliphatic carbocycles. The number of rotatable bonds is 8. The quantitative estimate of drug-likeness (QED) is 0.762. The van der Waals surface area contributed by atoms with E-state index in [9.17, 15) is 9.90 Å². The van der Waals surface area contributed by atoms with Crippen LogP contribution in [-0.2, 0) is 4.79 Å². The van der Waals surface area contributed by atoms with Crippen molar-refractivity contribution < 1.29 is 9.90 Å². The number of thiophene rings is 1. The Morgan fingerprint density at radius 3 is 2.56 bits per heavy atom. The lowest BCUT2D eigenvalue weighted by molar-refractivity contribution is -0.125. The molecule has 1 amide bonds. The fourth-order valence-corrected chi connectivity index (χ4v) is 2.74. The predicted molar refractivity (Wildman–Crippen MR) is 75.6 cm³/mol. The number of aliphatic hydroxyl groups excluding tert-OH is 1. The summed E-state index contributed by atoms with van der Waals surface area (Å²) in [5.74, 6) is 0.171. The van der Waals surface area contributed by atoms with Gasteiger partial charge in [0.2, 0.25) is 5.91 Å². The Hall–Kier alpha value is -0.870. The largest absolute Gasteiger partial charge is 0.386 e. The van der Waals surface area contributed by atoms with Crippen LogP contribution < -0.4 is 5.32 Å². The zero-order valence-corrected chi connectivity index (χ0v) is 12.0. The molecule has 18 heavy (non-hydrogen) atoms. The fraction of sp³-hybridized carbons (Fsp3) is 0.643. The van der Waals surface area contributed by atoms with E-state index in [1.165, 1.54) is 11.3 Å². The highest BCUT2D eigenvalue weighted by Crippen LogP contribution is 2.18. The molecule has 0 fully saturated rings. The average molecular weight is 269 g/mol. The van der Waals surface area contributed by atoms with Gasteiger partial charge in [-0.05, 0) is 24.3 Å². The summed E-state index contributed by atoms with van der Waals surface area (Å²) in [6.07, 6.45) is 3.30. The van der Waals surface area contributed by atoms with Crippen molar-refractivity contribution in [3.63, 3.8) is 0 Å². The number of carbonyl (C=O) groups excluding carboxylic acids is 1. The summed E-state index contributed by atoms with van der Waals surface area (Å²) in [7, 11) is 0. The van der Waals surface area contributed by atoms with E-state index < -0.39 is 6.10 Å². The van der Waals surface area contributed by atoms with Gasteiger partial charge in [-0.25, -0.2) is 0 Å². The van der Waals surface area contributed by atoms with Crippen LogP contribution in [0.2, 0.25) is 0 Å². The van der Waals surface area contributed by atoms with Crippen LogP contribution in [0, 0.1) is 5.92 Å². The van der Waals surface area contributed by atoms with E-state index in [0.29, 0.717) is 6.54 Å². The van der Waals surface area contributed by atoms with Crippen molar-refractivity contribution in [2.75, 3.05) is 6.54 Å². The molecule has 1 aromatic heterocycles. The second-order valence-electron chi connectivity index (χ2n) is 4.55. The van der Waals surface area contributed by atoms with Gasteiger partial charge in [-0.15, -0.1) is 11.3 Å². The standard InChI is InChI=1S/C14H23NO2S/c1-3-6-11(7-4-2)14(17)15-10-12(16)13-8-5-9-18-13/h5,8-9,11-12,16H,3-4,6-7,10H2,1-2H3,(H,15,17). The van der Waals surface area contributed by atoms with E-state index in [1.54, 1.807) is 0 Å². The summed E-state index contributed by atoms with van der Waals surface area (Å²) in [5.41, 5.74) is 0. The topological polar surface area (TPSA) is 49.3 Å². The lowest BCUT2D eigenvalue weighted by atomic mass is 9.97. The average Bonchev–Trinajstić information content (AvgIpc) is 2.89. The number of aliphatic hydroxyl groups is 1. The third-order valence-electron chi connectivity index (χ3n) is 2.99.